The Balaban J connectivity index is 1.13. The second-order valence-electron chi connectivity index (χ2n) is 10.3. The molecule has 1 N–H and O–H groups in total. The van der Waals surface area contributed by atoms with Gasteiger partial charge >= 0.3 is 0 Å². The van der Waals surface area contributed by atoms with Crippen LogP contribution in [0, 0.1) is 5.92 Å². The largest absolute Gasteiger partial charge is 0.373 e. The molecule has 3 saturated heterocycles. The maximum atomic E-state index is 6.46. The molecule has 0 unspecified atom stereocenters. The maximum absolute atomic E-state index is 6.46. The van der Waals surface area contributed by atoms with Crippen LogP contribution < -0.4 is 5.32 Å². The Kier molecular flexibility index (Phi) is 6.42. The second kappa shape index (κ2) is 9.78. The maximum Gasteiger partial charge on any atom is 0.182 e. The van der Waals surface area contributed by atoms with E-state index >= 15 is 0 Å². The van der Waals surface area contributed by atoms with Crippen molar-refractivity contribution in [3.05, 3.63) is 29.8 Å². The minimum atomic E-state index is -0.0103. The number of rotatable bonds is 7. The number of aromatic nitrogens is 4. The van der Waals surface area contributed by atoms with Gasteiger partial charge in [0.05, 0.1) is 12.7 Å². The molecule has 0 amide bonds. The van der Waals surface area contributed by atoms with Crippen molar-refractivity contribution in [1.29, 1.82) is 0 Å². The molecule has 3 aliphatic heterocycles. The fourth-order valence-electron chi connectivity index (χ4n) is 6.14. The van der Waals surface area contributed by atoms with Crippen LogP contribution in [0.5, 0.6) is 0 Å². The molecule has 8 nitrogen and oxygen atoms in total. The summed E-state index contributed by atoms with van der Waals surface area (Å²) in [7, 11) is 0. The van der Waals surface area contributed by atoms with Crippen molar-refractivity contribution in [3.63, 3.8) is 0 Å². The van der Waals surface area contributed by atoms with Crippen LogP contribution in [0.1, 0.15) is 63.0 Å². The van der Waals surface area contributed by atoms with Crippen LogP contribution in [-0.4, -0.2) is 69.8 Å². The molecule has 4 atom stereocenters. The SMILES string of the molecule is c1cc(CN2CCCC2)cc(-c2nnnn2[C@H]2CO[C@@H]3C[C@@H](NCC4CCCCC4)O[C@@H]32)c1. The van der Waals surface area contributed by atoms with Crippen molar-refractivity contribution in [2.45, 2.75) is 82.4 Å². The van der Waals surface area contributed by atoms with Gasteiger partial charge in [0.2, 0.25) is 0 Å². The fraction of sp³-hybridized carbons (Fsp3) is 0.720. The molecule has 178 valence electrons. The minimum absolute atomic E-state index is 0.00344. The number of ether oxygens (including phenoxy) is 2. The van der Waals surface area contributed by atoms with E-state index in [1.54, 1.807) is 0 Å². The first kappa shape index (κ1) is 21.6. The number of hydrogen-bond donors (Lipinski definition) is 1. The smallest absolute Gasteiger partial charge is 0.182 e. The van der Waals surface area contributed by atoms with Gasteiger partial charge in [-0.05, 0) is 66.7 Å². The number of fused-ring (bicyclic) bond motifs is 1. The summed E-state index contributed by atoms with van der Waals surface area (Å²) in [4.78, 5) is 2.52. The van der Waals surface area contributed by atoms with E-state index in [-0.39, 0.29) is 24.5 Å². The first-order valence-electron chi connectivity index (χ1n) is 12.9. The number of benzene rings is 1. The van der Waals surface area contributed by atoms with Crippen LogP contribution in [0.15, 0.2) is 24.3 Å². The molecule has 0 bridgehead atoms. The summed E-state index contributed by atoms with van der Waals surface area (Å²) in [5.41, 5.74) is 2.37. The molecule has 1 aliphatic carbocycles. The Morgan fingerprint density at radius 1 is 1.06 bits per heavy atom. The van der Waals surface area contributed by atoms with E-state index in [9.17, 15) is 0 Å². The average Bonchev–Trinajstić information content (AvgIpc) is 3.63. The molecule has 0 radical (unpaired) electrons. The number of likely N-dealkylation sites (tertiary alicyclic amines) is 1. The molecular formula is C25H36N6O2. The van der Waals surface area contributed by atoms with E-state index in [0.717, 1.165) is 36.8 Å². The van der Waals surface area contributed by atoms with Crippen LogP contribution >= 0.6 is 0 Å². The van der Waals surface area contributed by atoms with E-state index in [2.05, 4.69) is 50.0 Å². The van der Waals surface area contributed by atoms with Crippen LogP contribution in [0.3, 0.4) is 0 Å². The molecule has 1 saturated carbocycles. The van der Waals surface area contributed by atoms with Crippen LogP contribution in [0.25, 0.3) is 11.4 Å². The molecule has 2 aromatic rings. The summed E-state index contributed by atoms with van der Waals surface area (Å²) in [6.07, 6.45) is 10.5. The Morgan fingerprint density at radius 3 is 2.82 bits per heavy atom. The van der Waals surface area contributed by atoms with E-state index in [0.29, 0.717) is 6.61 Å². The Hall–Kier alpha value is -1.87. The van der Waals surface area contributed by atoms with Crippen LogP contribution in [0.2, 0.25) is 0 Å². The van der Waals surface area contributed by atoms with Gasteiger partial charge in [-0.2, -0.15) is 0 Å². The number of tetrazole rings is 1. The Labute approximate surface area is 196 Å². The number of nitrogens with one attached hydrogen (secondary N) is 1. The van der Waals surface area contributed by atoms with Gasteiger partial charge in [0.15, 0.2) is 5.82 Å². The van der Waals surface area contributed by atoms with Crippen molar-refractivity contribution >= 4 is 0 Å². The van der Waals surface area contributed by atoms with Crippen molar-refractivity contribution in [2.75, 3.05) is 26.2 Å². The quantitative estimate of drug-likeness (QED) is 0.691. The molecule has 4 fully saturated rings. The van der Waals surface area contributed by atoms with Gasteiger partial charge in [0.25, 0.3) is 0 Å². The molecule has 8 heteroatoms. The Morgan fingerprint density at radius 2 is 1.94 bits per heavy atom. The minimum Gasteiger partial charge on any atom is -0.373 e. The van der Waals surface area contributed by atoms with Crippen molar-refractivity contribution in [1.82, 2.24) is 30.4 Å². The van der Waals surface area contributed by atoms with Gasteiger partial charge in [-0.1, -0.05) is 37.5 Å². The summed E-state index contributed by atoms with van der Waals surface area (Å²) in [5, 5.41) is 16.5. The van der Waals surface area contributed by atoms with Crippen LogP contribution in [0.4, 0.5) is 0 Å². The molecule has 0 spiro atoms. The lowest BCUT2D eigenvalue weighted by molar-refractivity contribution is 0.00130. The summed E-state index contributed by atoms with van der Waals surface area (Å²) < 4.78 is 14.5. The standard InChI is InChI=1S/C25H36N6O2/c1-2-7-18(8-3-1)15-26-23-14-22-24(33-23)21(17-32-22)31-25(27-28-29-31)20-10-6-9-19(13-20)16-30-11-4-5-12-30/h6,9-10,13,18,21-24,26H,1-5,7-8,11-12,14-17H2/t21-,22+,23-,24+/m0/s1. The lowest BCUT2D eigenvalue weighted by Crippen LogP contribution is -2.35. The third kappa shape index (κ3) is 4.71. The topological polar surface area (TPSA) is 77.3 Å². The first-order chi connectivity index (χ1) is 16.3. The highest BCUT2D eigenvalue weighted by Gasteiger charge is 2.48. The monoisotopic (exact) mass is 452 g/mol. The third-order valence-electron chi connectivity index (χ3n) is 7.95. The molecule has 1 aromatic carbocycles. The summed E-state index contributed by atoms with van der Waals surface area (Å²) in [5.74, 6) is 1.59. The average molecular weight is 453 g/mol. The van der Waals surface area contributed by atoms with E-state index in [1.807, 2.05) is 4.68 Å². The highest BCUT2D eigenvalue weighted by molar-refractivity contribution is 5.56. The van der Waals surface area contributed by atoms with E-state index < -0.39 is 0 Å². The predicted octanol–water partition coefficient (Wildman–Crippen LogP) is 3.16. The van der Waals surface area contributed by atoms with E-state index in [4.69, 9.17) is 9.47 Å². The summed E-state index contributed by atoms with van der Waals surface area (Å²) in [6, 6.07) is 8.66. The van der Waals surface area contributed by atoms with Crippen LogP contribution in [-0.2, 0) is 16.0 Å². The zero-order valence-corrected chi connectivity index (χ0v) is 19.4. The number of hydrogen-bond acceptors (Lipinski definition) is 7. The molecule has 4 heterocycles. The second-order valence-corrected chi connectivity index (χ2v) is 10.3. The van der Waals surface area contributed by atoms with Gasteiger partial charge in [-0.15, -0.1) is 5.10 Å². The van der Waals surface area contributed by atoms with Gasteiger partial charge in [0.1, 0.15) is 18.4 Å². The molecule has 4 aliphatic rings. The zero-order chi connectivity index (χ0) is 22.0. The molecule has 1 aromatic heterocycles. The van der Waals surface area contributed by atoms with Crippen molar-refractivity contribution in [2.24, 2.45) is 5.92 Å². The summed E-state index contributed by atoms with van der Waals surface area (Å²) >= 11 is 0. The predicted molar refractivity (Wildman–Crippen MR) is 124 cm³/mol. The summed E-state index contributed by atoms with van der Waals surface area (Å²) in [6.45, 7) is 5.02. The normalized spacial score (nSPS) is 30.8. The highest BCUT2D eigenvalue weighted by atomic mass is 16.6. The van der Waals surface area contributed by atoms with Gasteiger partial charge < -0.3 is 9.47 Å². The third-order valence-corrected chi connectivity index (χ3v) is 7.95. The van der Waals surface area contributed by atoms with Crippen molar-refractivity contribution < 1.29 is 9.47 Å². The van der Waals surface area contributed by atoms with E-state index in [1.165, 1.54) is 63.6 Å². The molecule has 6 rings (SSSR count). The van der Waals surface area contributed by atoms with Gasteiger partial charge in [-0.25, -0.2) is 4.68 Å². The lowest BCUT2D eigenvalue weighted by atomic mass is 9.89. The van der Waals surface area contributed by atoms with Crippen molar-refractivity contribution in [3.8, 4) is 11.4 Å². The lowest BCUT2D eigenvalue weighted by Gasteiger charge is -2.24. The molecule has 33 heavy (non-hydrogen) atoms. The number of nitrogens with zero attached hydrogens (tertiary/aromatic N) is 5. The van der Waals surface area contributed by atoms with Gasteiger partial charge in [-0.3, -0.25) is 10.2 Å². The molecular weight excluding hydrogens is 416 g/mol. The van der Waals surface area contributed by atoms with Gasteiger partial charge in [0, 0.05) is 25.1 Å². The Bertz CT molecular complexity index is 923. The fourth-order valence-corrected chi connectivity index (χ4v) is 6.14. The zero-order valence-electron chi connectivity index (χ0n) is 19.4. The first-order valence-corrected chi connectivity index (χ1v) is 12.9. The highest BCUT2D eigenvalue weighted by Crippen LogP contribution is 2.37.